The number of hydrogen-bond acceptors (Lipinski definition) is 7. The van der Waals surface area contributed by atoms with Crippen molar-refractivity contribution in [2.24, 2.45) is 0 Å². The molecule has 0 atom stereocenters. The predicted octanol–water partition coefficient (Wildman–Crippen LogP) is 1.19. The highest BCUT2D eigenvalue weighted by Gasteiger charge is 2.11. The highest BCUT2D eigenvalue weighted by Crippen LogP contribution is 2.33. The van der Waals surface area contributed by atoms with Crippen molar-refractivity contribution < 1.29 is 4.74 Å². The number of ether oxygens (including phenoxy) is 1. The van der Waals surface area contributed by atoms with Gasteiger partial charge < -0.3 is 10.5 Å². The fourth-order valence-electron chi connectivity index (χ4n) is 1.22. The number of nitrogens with one attached hydrogen (secondary N) is 1. The lowest BCUT2D eigenvalue weighted by molar-refractivity contribution is 0.412. The molecule has 0 aromatic carbocycles. The summed E-state index contributed by atoms with van der Waals surface area (Å²) in [6.07, 6.45) is 8.45. The summed E-state index contributed by atoms with van der Waals surface area (Å²) < 4.78 is 5.02. The first-order chi connectivity index (χ1) is 8.24. The van der Waals surface area contributed by atoms with Gasteiger partial charge in [-0.1, -0.05) is 17.8 Å². The SMILES string of the molecule is C#CNc1nc(N)ncc1-c1cnc(OC)s1. The average molecular weight is 247 g/mol. The summed E-state index contributed by atoms with van der Waals surface area (Å²) >= 11 is 1.37. The second-order valence-electron chi connectivity index (χ2n) is 2.95. The van der Waals surface area contributed by atoms with Crippen LogP contribution in [0.3, 0.4) is 0 Å². The summed E-state index contributed by atoms with van der Waals surface area (Å²) in [7, 11) is 1.56. The van der Waals surface area contributed by atoms with Gasteiger partial charge in [-0.3, -0.25) is 5.32 Å². The Morgan fingerprint density at radius 2 is 2.29 bits per heavy atom. The van der Waals surface area contributed by atoms with Gasteiger partial charge in [0.15, 0.2) is 5.82 Å². The Morgan fingerprint density at radius 3 is 2.94 bits per heavy atom. The Bertz CT molecular complexity index is 574. The van der Waals surface area contributed by atoms with Gasteiger partial charge in [0.25, 0.3) is 5.19 Å². The molecule has 0 aliphatic carbocycles. The van der Waals surface area contributed by atoms with Crippen LogP contribution in [0.15, 0.2) is 12.4 Å². The number of anilines is 2. The molecule has 3 N–H and O–H groups in total. The number of aromatic nitrogens is 3. The third-order valence-corrected chi connectivity index (χ3v) is 2.91. The van der Waals surface area contributed by atoms with Gasteiger partial charge in [-0.15, -0.1) is 0 Å². The Morgan fingerprint density at radius 1 is 1.47 bits per heavy atom. The van der Waals surface area contributed by atoms with Crippen LogP contribution in [0, 0.1) is 12.5 Å². The average Bonchev–Trinajstić information content (AvgIpc) is 2.78. The summed E-state index contributed by atoms with van der Waals surface area (Å²) in [5.41, 5.74) is 6.23. The highest BCUT2D eigenvalue weighted by atomic mass is 32.1. The Hall–Kier alpha value is -2.33. The van der Waals surface area contributed by atoms with E-state index in [2.05, 4.69) is 26.3 Å². The maximum Gasteiger partial charge on any atom is 0.273 e. The van der Waals surface area contributed by atoms with Crippen molar-refractivity contribution in [3.05, 3.63) is 12.4 Å². The topological polar surface area (TPSA) is 86.0 Å². The zero-order valence-electron chi connectivity index (χ0n) is 8.97. The van der Waals surface area contributed by atoms with E-state index in [-0.39, 0.29) is 5.95 Å². The normalized spacial score (nSPS) is 9.65. The van der Waals surface area contributed by atoms with Gasteiger partial charge in [0.1, 0.15) is 0 Å². The van der Waals surface area contributed by atoms with Crippen molar-refractivity contribution in [3.63, 3.8) is 0 Å². The third-order valence-electron chi connectivity index (χ3n) is 1.92. The number of rotatable bonds is 3. The molecule has 0 radical (unpaired) electrons. The van der Waals surface area contributed by atoms with Crippen LogP contribution in [0.4, 0.5) is 11.8 Å². The number of methoxy groups -OCH3 is 1. The van der Waals surface area contributed by atoms with Crippen LogP contribution in [0.25, 0.3) is 10.4 Å². The van der Waals surface area contributed by atoms with Gasteiger partial charge in [-0.2, -0.15) is 4.98 Å². The summed E-state index contributed by atoms with van der Waals surface area (Å²) in [6.45, 7) is 0. The van der Waals surface area contributed by atoms with Crippen molar-refractivity contribution in [2.75, 3.05) is 18.2 Å². The van der Waals surface area contributed by atoms with Crippen molar-refractivity contribution in [2.45, 2.75) is 0 Å². The number of nitrogens with zero attached hydrogens (tertiary/aromatic N) is 3. The summed E-state index contributed by atoms with van der Waals surface area (Å²) in [5, 5.41) is 3.24. The molecule has 0 spiro atoms. The molecule has 2 aromatic rings. The molecule has 0 unspecified atom stereocenters. The van der Waals surface area contributed by atoms with Crippen LogP contribution in [-0.2, 0) is 0 Å². The monoisotopic (exact) mass is 247 g/mol. The minimum Gasteiger partial charge on any atom is -0.473 e. The predicted molar refractivity (Wildman–Crippen MR) is 66.6 cm³/mol. The molecule has 6 nitrogen and oxygen atoms in total. The van der Waals surface area contributed by atoms with E-state index in [9.17, 15) is 0 Å². The van der Waals surface area contributed by atoms with Crippen molar-refractivity contribution >= 4 is 23.1 Å². The van der Waals surface area contributed by atoms with E-state index in [4.69, 9.17) is 16.9 Å². The molecule has 0 aliphatic heterocycles. The first kappa shape index (κ1) is 11.2. The highest BCUT2D eigenvalue weighted by molar-refractivity contribution is 7.16. The second-order valence-corrected chi connectivity index (χ2v) is 3.95. The molecule has 7 heteroatoms. The fraction of sp³-hybridized carbons (Fsp3) is 0.100. The summed E-state index contributed by atoms with van der Waals surface area (Å²) in [6, 6.07) is 2.30. The van der Waals surface area contributed by atoms with Crippen molar-refractivity contribution in [1.82, 2.24) is 15.0 Å². The zero-order valence-corrected chi connectivity index (χ0v) is 9.78. The minimum absolute atomic E-state index is 0.156. The van der Waals surface area contributed by atoms with E-state index in [0.29, 0.717) is 11.0 Å². The van der Waals surface area contributed by atoms with Crippen LogP contribution < -0.4 is 15.8 Å². The number of thiazole rings is 1. The minimum atomic E-state index is 0.156. The van der Waals surface area contributed by atoms with Gasteiger partial charge in [-0.25, -0.2) is 9.97 Å². The molecular formula is C10H9N5OS. The molecule has 2 rings (SSSR count). The first-order valence-electron chi connectivity index (χ1n) is 4.59. The van der Waals surface area contributed by atoms with Crippen molar-refractivity contribution in [3.8, 4) is 28.1 Å². The van der Waals surface area contributed by atoms with Crippen LogP contribution in [0.1, 0.15) is 0 Å². The number of nitrogen functional groups attached to an aromatic ring is 1. The Labute approximate surface area is 102 Å². The lowest BCUT2D eigenvalue weighted by atomic mass is 10.3. The van der Waals surface area contributed by atoms with Gasteiger partial charge in [0.05, 0.1) is 17.6 Å². The lowest BCUT2D eigenvalue weighted by Gasteiger charge is -2.04. The van der Waals surface area contributed by atoms with E-state index in [1.165, 1.54) is 11.3 Å². The van der Waals surface area contributed by atoms with Gasteiger partial charge in [0.2, 0.25) is 5.95 Å². The van der Waals surface area contributed by atoms with Gasteiger partial charge >= 0.3 is 0 Å². The molecule has 0 bridgehead atoms. The summed E-state index contributed by atoms with van der Waals surface area (Å²) in [4.78, 5) is 12.9. The smallest absolute Gasteiger partial charge is 0.273 e. The lowest BCUT2D eigenvalue weighted by Crippen LogP contribution is -2.00. The molecule has 86 valence electrons. The number of hydrogen-bond donors (Lipinski definition) is 2. The molecular weight excluding hydrogens is 238 g/mol. The van der Waals surface area contributed by atoms with E-state index >= 15 is 0 Å². The van der Waals surface area contributed by atoms with E-state index in [0.717, 1.165) is 10.4 Å². The molecule has 0 amide bonds. The molecule has 0 saturated carbocycles. The zero-order chi connectivity index (χ0) is 12.3. The molecule has 0 aliphatic rings. The van der Waals surface area contributed by atoms with Gasteiger partial charge in [0, 0.05) is 18.4 Å². The molecule has 2 aromatic heterocycles. The van der Waals surface area contributed by atoms with Crippen LogP contribution >= 0.6 is 11.3 Å². The third kappa shape index (κ3) is 2.26. The number of nitrogens with two attached hydrogens (primary N) is 1. The van der Waals surface area contributed by atoms with E-state index in [1.807, 2.05) is 0 Å². The van der Waals surface area contributed by atoms with Crippen molar-refractivity contribution in [1.29, 1.82) is 0 Å². The Kier molecular flexibility index (Phi) is 3.07. The summed E-state index contributed by atoms with van der Waals surface area (Å²) in [5.74, 6) is 0.634. The molecule has 17 heavy (non-hydrogen) atoms. The fourth-order valence-corrected chi connectivity index (χ4v) is 1.96. The largest absolute Gasteiger partial charge is 0.473 e. The van der Waals surface area contributed by atoms with Gasteiger partial charge in [-0.05, 0) is 0 Å². The quantitative estimate of drug-likeness (QED) is 0.626. The number of terminal acetylenes is 1. The molecule has 0 saturated heterocycles. The van der Waals surface area contributed by atoms with E-state index in [1.54, 1.807) is 19.5 Å². The van der Waals surface area contributed by atoms with Crippen LogP contribution in [0.5, 0.6) is 5.19 Å². The maximum atomic E-state index is 5.50. The standard InChI is InChI=1S/C10H9N5OS/c1-3-12-8-6(4-13-9(11)15-8)7-5-14-10(16-2)17-7/h1,4-5H,2H3,(H3,11,12,13,15). The first-order valence-corrected chi connectivity index (χ1v) is 5.40. The van der Waals surface area contributed by atoms with Crippen LogP contribution in [0.2, 0.25) is 0 Å². The second kappa shape index (κ2) is 4.67. The Balaban J connectivity index is 2.47. The molecule has 2 heterocycles. The maximum absolute atomic E-state index is 5.50. The molecule has 0 fully saturated rings. The van der Waals surface area contributed by atoms with Crippen LogP contribution in [-0.4, -0.2) is 22.1 Å². The van der Waals surface area contributed by atoms with E-state index < -0.39 is 0 Å².